The van der Waals surface area contributed by atoms with Crippen molar-refractivity contribution in [2.24, 2.45) is 0 Å². The molecule has 2 rings (SSSR count). The molecule has 0 aliphatic carbocycles. The number of halogens is 1. The molecule has 112 valence electrons. The fraction of sp³-hybridized carbons (Fsp3) is 0.200. The van der Waals surface area contributed by atoms with Gasteiger partial charge in [-0.3, -0.25) is 4.72 Å². The molecule has 0 atom stereocenters. The van der Waals surface area contributed by atoms with E-state index in [9.17, 15) is 8.42 Å². The molecule has 0 saturated carbocycles. The quantitative estimate of drug-likeness (QED) is 0.888. The summed E-state index contributed by atoms with van der Waals surface area (Å²) in [6.45, 7) is 2.47. The van der Waals surface area contributed by atoms with Gasteiger partial charge in [-0.2, -0.15) is 0 Å². The molecule has 0 unspecified atom stereocenters. The average molecular weight is 325 g/mol. The van der Waals surface area contributed by atoms with E-state index in [4.69, 9.17) is 11.6 Å². The molecule has 0 saturated heterocycles. The monoisotopic (exact) mass is 324 g/mol. The zero-order valence-corrected chi connectivity index (χ0v) is 13.4. The summed E-state index contributed by atoms with van der Waals surface area (Å²) in [4.78, 5) is 0.224. The van der Waals surface area contributed by atoms with Crippen LogP contribution in [0, 0.1) is 6.92 Å². The van der Waals surface area contributed by atoms with Crippen molar-refractivity contribution in [3.63, 3.8) is 0 Å². The van der Waals surface area contributed by atoms with Gasteiger partial charge in [-0.15, -0.1) is 0 Å². The minimum absolute atomic E-state index is 0.224. The van der Waals surface area contributed by atoms with Crippen molar-refractivity contribution in [3.05, 3.63) is 58.6 Å². The lowest BCUT2D eigenvalue weighted by Crippen LogP contribution is -2.14. The molecule has 0 heterocycles. The fourth-order valence-corrected chi connectivity index (χ4v) is 3.21. The fourth-order valence-electron chi connectivity index (χ4n) is 1.91. The lowest BCUT2D eigenvalue weighted by Gasteiger charge is -2.11. The number of anilines is 1. The Balaban J connectivity index is 2.27. The van der Waals surface area contributed by atoms with Crippen LogP contribution in [-0.4, -0.2) is 15.5 Å². The second kappa shape index (κ2) is 6.47. The summed E-state index contributed by atoms with van der Waals surface area (Å²) in [6, 6.07) is 11.9. The molecule has 2 aromatic carbocycles. The van der Waals surface area contributed by atoms with Crippen LogP contribution in [0.1, 0.15) is 11.1 Å². The molecule has 0 aliphatic heterocycles. The van der Waals surface area contributed by atoms with Crippen LogP contribution in [0.2, 0.25) is 5.02 Å². The molecule has 0 aromatic heterocycles. The van der Waals surface area contributed by atoms with E-state index in [1.54, 1.807) is 49.4 Å². The minimum atomic E-state index is -3.61. The van der Waals surface area contributed by atoms with Crippen molar-refractivity contribution < 1.29 is 8.42 Å². The third-order valence-corrected chi connectivity index (χ3v) is 4.92. The predicted molar refractivity (Wildman–Crippen MR) is 86.2 cm³/mol. The van der Waals surface area contributed by atoms with E-state index in [2.05, 4.69) is 10.0 Å². The maximum atomic E-state index is 12.4. The number of hydrogen-bond donors (Lipinski definition) is 2. The van der Waals surface area contributed by atoms with Crippen molar-refractivity contribution in [1.29, 1.82) is 0 Å². The summed E-state index contributed by atoms with van der Waals surface area (Å²) < 4.78 is 27.3. The Kier molecular flexibility index (Phi) is 4.88. The first-order chi connectivity index (χ1) is 9.94. The first kappa shape index (κ1) is 15.8. The average Bonchev–Trinajstić information content (AvgIpc) is 2.45. The summed E-state index contributed by atoms with van der Waals surface area (Å²) in [5.41, 5.74) is 2.21. The van der Waals surface area contributed by atoms with Gasteiger partial charge in [0.2, 0.25) is 0 Å². The Bertz CT molecular complexity index is 728. The van der Waals surface area contributed by atoms with Crippen molar-refractivity contribution in [2.45, 2.75) is 18.4 Å². The summed E-state index contributed by atoms with van der Waals surface area (Å²) in [5.74, 6) is 0. The van der Waals surface area contributed by atoms with Crippen LogP contribution in [-0.2, 0) is 16.6 Å². The van der Waals surface area contributed by atoms with Crippen LogP contribution < -0.4 is 10.0 Å². The Morgan fingerprint density at radius 3 is 2.38 bits per heavy atom. The Hall–Kier alpha value is -1.56. The van der Waals surface area contributed by atoms with Crippen molar-refractivity contribution >= 4 is 27.3 Å². The molecule has 0 fully saturated rings. The van der Waals surface area contributed by atoms with E-state index in [0.29, 0.717) is 22.8 Å². The Morgan fingerprint density at radius 1 is 1.10 bits per heavy atom. The summed E-state index contributed by atoms with van der Waals surface area (Å²) in [7, 11) is -1.77. The topological polar surface area (TPSA) is 58.2 Å². The van der Waals surface area contributed by atoms with E-state index in [1.807, 2.05) is 7.05 Å². The lowest BCUT2D eigenvalue weighted by atomic mass is 10.2. The SMILES string of the molecule is CNCc1ccc(S(=O)(=O)Nc2cccc(Cl)c2C)cc1. The van der Waals surface area contributed by atoms with Crippen molar-refractivity contribution in [1.82, 2.24) is 5.32 Å². The second-order valence-corrected chi connectivity index (χ2v) is 6.78. The van der Waals surface area contributed by atoms with Gasteiger partial charge in [-0.25, -0.2) is 8.42 Å². The van der Waals surface area contributed by atoms with E-state index in [0.717, 1.165) is 5.56 Å². The van der Waals surface area contributed by atoms with E-state index >= 15 is 0 Å². The molecule has 2 aromatic rings. The van der Waals surface area contributed by atoms with Crippen molar-refractivity contribution in [3.8, 4) is 0 Å². The molecular weight excluding hydrogens is 308 g/mol. The summed E-state index contributed by atoms with van der Waals surface area (Å²) >= 11 is 6.00. The van der Waals surface area contributed by atoms with Gasteiger partial charge in [-0.1, -0.05) is 29.8 Å². The molecule has 0 aliphatic rings. The van der Waals surface area contributed by atoms with E-state index in [-0.39, 0.29) is 4.90 Å². The standard InChI is InChI=1S/C15H17ClN2O2S/c1-11-14(16)4-3-5-15(11)18-21(19,20)13-8-6-12(7-9-13)10-17-2/h3-9,17-18H,10H2,1-2H3. The maximum absolute atomic E-state index is 12.4. The normalized spacial score (nSPS) is 11.4. The van der Waals surface area contributed by atoms with E-state index < -0.39 is 10.0 Å². The van der Waals surface area contributed by atoms with Gasteiger partial charge in [0.25, 0.3) is 10.0 Å². The molecule has 0 spiro atoms. The van der Waals surface area contributed by atoms with Gasteiger partial charge in [0.15, 0.2) is 0 Å². The molecular formula is C15H17ClN2O2S. The maximum Gasteiger partial charge on any atom is 0.261 e. The lowest BCUT2D eigenvalue weighted by molar-refractivity contribution is 0.601. The Morgan fingerprint density at radius 2 is 1.76 bits per heavy atom. The highest BCUT2D eigenvalue weighted by molar-refractivity contribution is 7.92. The van der Waals surface area contributed by atoms with Gasteiger partial charge < -0.3 is 5.32 Å². The Labute approximate surface area is 130 Å². The van der Waals surface area contributed by atoms with Gasteiger partial charge in [0.05, 0.1) is 10.6 Å². The van der Waals surface area contributed by atoms with Gasteiger partial charge in [-0.05, 0) is 49.4 Å². The van der Waals surface area contributed by atoms with Crippen LogP contribution in [0.25, 0.3) is 0 Å². The molecule has 2 N–H and O–H groups in total. The van der Waals surface area contributed by atoms with Crippen LogP contribution in [0.5, 0.6) is 0 Å². The smallest absolute Gasteiger partial charge is 0.261 e. The molecule has 0 amide bonds. The highest BCUT2D eigenvalue weighted by atomic mass is 35.5. The molecule has 21 heavy (non-hydrogen) atoms. The van der Waals surface area contributed by atoms with Crippen LogP contribution in [0.4, 0.5) is 5.69 Å². The van der Waals surface area contributed by atoms with Crippen LogP contribution >= 0.6 is 11.6 Å². The number of sulfonamides is 1. The summed E-state index contributed by atoms with van der Waals surface area (Å²) in [6.07, 6.45) is 0. The number of rotatable bonds is 5. The minimum Gasteiger partial charge on any atom is -0.316 e. The molecule has 0 radical (unpaired) electrons. The number of hydrogen-bond acceptors (Lipinski definition) is 3. The van der Waals surface area contributed by atoms with Gasteiger partial charge >= 0.3 is 0 Å². The predicted octanol–water partition coefficient (Wildman–Crippen LogP) is 3.17. The van der Waals surface area contributed by atoms with Crippen LogP contribution in [0.15, 0.2) is 47.4 Å². The van der Waals surface area contributed by atoms with Gasteiger partial charge in [0.1, 0.15) is 0 Å². The third-order valence-electron chi connectivity index (χ3n) is 3.13. The third kappa shape index (κ3) is 3.75. The first-order valence-electron chi connectivity index (χ1n) is 6.45. The molecule has 4 nitrogen and oxygen atoms in total. The number of nitrogens with one attached hydrogen (secondary N) is 2. The zero-order valence-electron chi connectivity index (χ0n) is 11.9. The molecule has 6 heteroatoms. The zero-order chi connectivity index (χ0) is 15.5. The highest BCUT2D eigenvalue weighted by Gasteiger charge is 2.15. The largest absolute Gasteiger partial charge is 0.316 e. The van der Waals surface area contributed by atoms with Crippen molar-refractivity contribution in [2.75, 3.05) is 11.8 Å². The molecule has 0 bridgehead atoms. The second-order valence-electron chi connectivity index (χ2n) is 4.69. The van der Waals surface area contributed by atoms with E-state index in [1.165, 1.54) is 0 Å². The first-order valence-corrected chi connectivity index (χ1v) is 8.31. The number of benzene rings is 2. The van der Waals surface area contributed by atoms with Gasteiger partial charge in [0, 0.05) is 11.6 Å². The highest BCUT2D eigenvalue weighted by Crippen LogP contribution is 2.25. The van der Waals surface area contributed by atoms with Crippen LogP contribution in [0.3, 0.4) is 0 Å². The summed E-state index contributed by atoms with van der Waals surface area (Å²) in [5, 5.41) is 3.54.